The molecule has 0 unspecified atom stereocenters. The maximum Gasteiger partial charge on any atom is 0.225 e. The highest BCUT2D eigenvalue weighted by atomic mass is 35.5. The van der Waals surface area contributed by atoms with Crippen molar-refractivity contribution < 1.29 is 13.2 Å². The first-order valence-corrected chi connectivity index (χ1v) is 8.11. The van der Waals surface area contributed by atoms with E-state index in [0.29, 0.717) is 23.7 Å². The van der Waals surface area contributed by atoms with E-state index in [1.165, 1.54) is 18.2 Å². The van der Waals surface area contributed by atoms with Crippen molar-refractivity contribution in [2.45, 2.75) is 18.2 Å². The fraction of sp³-hybridized carbons (Fsp3) is 0.417. The third-order valence-electron chi connectivity index (χ3n) is 2.42. The van der Waals surface area contributed by atoms with Crippen LogP contribution in [0.4, 0.5) is 5.69 Å². The zero-order valence-corrected chi connectivity index (χ0v) is 12.4. The van der Waals surface area contributed by atoms with Crippen molar-refractivity contribution in [2.24, 2.45) is 0 Å². The summed E-state index contributed by atoms with van der Waals surface area (Å²) < 4.78 is 22.9. The Morgan fingerprint density at radius 3 is 2.63 bits per heavy atom. The molecule has 0 aliphatic rings. The summed E-state index contributed by atoms with van der Waals surface area (Å²) in [6, 6.07) is 4.23. The molecule has 1 aromatic rings. The van der Waals surface area contributed by atoms with Gasteiger partial charge in [0.1, 0.15) is 0 Å². The van der Waals surface area contributed by atoms with Gasteiger partial charge in [-0.25, -0.2) is 8.42 Å². The van der Waals surface area contributed by atoms with Gasteiger partial charge in [-0.2, -0.15) is 0 Å². The van der Waals surface area contributed by atoms with Gasteiger partial charge in [0.15, 0.2) is 9.84 Å². The second-order valence-corrected chi connectivity index (χ2v) is 6.49. The highest BCUT2D eigenvalue weighted by Crippen LogP contribution is 2.25. The molecule has 19 heavy (non-hydrogen) atoms. The summed E-state index contributed by atoms with van der Waals surface area (Å²) >= 11 is 5.93. The quantitative estimate of drug-likeness (QED) is 0.784. The number of amides is 1. The topological polar surface area (TPSA) is 75.3 Å². The molecule has 7 heteroatoms. The first-order valence-electron chi connectivity index (χ1n) is 5.84. The Kier molecular flexibility index (Phi) is 5.78. The maximum atomic E-state index is 11.6. The third kappa shape index (κ3) is 5.18. The van der Waals surface area contributed by atoms with Gasteiger partial charge < -0.3 is 10.6 Å². The van der Waals surface area contributed by atoms with Crippen LogP contribution in [0.15, 0.2) is 23.1 Å². The minimum absolute atomic E-state index is 0.124. The molecule has 0 saturated heterocycles. The Morgan fingerprint density at radius 2 is 2.05 bits per heavy atom. The normalized spacial score (nSPS) is 11.3. The summed E-state index contributed by atoms with van der Waals surface area (Å²) in [4.78, 5) is 11.8. The third-order valence-corrected chi connectivity index (χ3v) is 3.86. The van der Waals surface area contributed by atoms with Crippen molar-refractivity contribution in [3.63, 3.8) is 0 Å². The van der Waals surface area contributed by atoms with Crippen LogP contribution >= 0.6 is 11.6 Å². The summed E-state index contributed by atoms with van der Waals surface area (Å²) in [6.45, 7) is 3.30. The van der Waals surface area contributed by atoms with Gasteiger partial charge in [0.25, 0.3) is 0 Å². The van der Waals surface area contributed by atoms with Crippen molar-refractivity contribution in [1.82, 2.24) is 5.32 Å². The fourth-order valence-electron chi connectivity index (χ4n) is 1.42. The van der Waals surface area contributed by atoms with E-state index in [4.69, 9.17) is 11.6 Å². The molecule has 0 bridgehead atoms. The summed E-state index contributed by atoms with van der Waals surface area (Å²) in [5.41, 5.74) is 0.311. The molecule has 106 valence electrons. The predicted molar refractivity (Wildman–Crippen MR) is 76.4 cm³/mol. The van der Waals surface area contributed by atoms with E-state index in [2.05, 4.69) is 10.6 Å². The predicted octanol–water partition coefficient (Wildman–Crippen LogP) is 1.68. The number of sulfone groups is 1. The van der Waals surface area contributed by atoms with Gasteiger partial charge in [0.05, 0.1) is 15.6 Å². The molecule has 1 amide bonds. The van der Waals surface area contributed by atoms with E-state index in [0.717, 1.165) is 12.8 Å². The SMILES string of the molecule is CCNCCC(=O)Nc1cc(S(C)(=O)=O)ccc1Cl. The molecule has 0 fully saturated rings. The van der Waals surface area contributed by atoms with Gasteiger partial charge in [0.2, 0.25) is 5.91 Å². The van der Waals surface area contributed by atoms with Gasteiger partial charge in [-0.15, -0.1) is 0 Å². The average molecular weight is 305 g/mol. The van der Waals surface area contributed by atoms with E-state index in [9.17, 15) is 13.2 Å². The Hall–Kier alpha value is -1.11. The molecule has 1 aromatic carbocycles. The molecule has 0 aromatic heterocycles. The van der Waals surface area contributed by atoms with Crippen LogP contribution in [0.25, 0.3) is 0 Å². The number of anilines is 1. The number of hydrogen-bond donors (Lipinski definition) is 2. The largest absolute Gasteiger partial charge is 0.325 e. The number of benzene rings is 1. The molecule has 0 aliphatic heterocycles. The fourth-order valence-corrected chi connectivity index (χ4v) is 2.23. The van der Waals surface area contributed by atoms with Crippen molar-refractivity contribution in [3.8, 4) is 0 Å². The van der Waals surface area contributed by atoms with Gasteiger partial charge in [0, 0.05) is 19.2 Å². The van der Waals surface area contributed by atoms with Crippen molar-refractivity contribution in [3.05, 3.63) is 23.2 Å². The molecule has 0 saturated carbocycles. The van der Waals surface area contributed by atoms with Gasteiger partial charge >= 0.3 is 0 Å². The standard InChI is InChI=1S/C12H17ClN2O3S/c1-3-14-7-6-12(16)15-11-8-9(19(2,17)18)4-5-10(11)13/h4-5,8,14H,3,6-7H2,1-2H3,(H,15,16). The van der Waals surface area contributed by atoms with Crippen LogP contribution in [0.5, 0.6) is 0 Å². The summed E-state index contributed by atoms with van der Waals surface area (Å²) in [5, 5.41) is 5.94. The minimum Gasteiger partial charge on any atom is -0.325 e. The zero-order chi connectivity index (χ0) is 14.5. The molecule has 0 aliphatic carbocycles. The monoisotopic (exact) mass is 304 g/mol. The molecule has 2 N–H and O–H groups in total. The number of carbonyl (C=O) groups excluding carboxylic acids is 1. The van der Waals surface area contributed by atoms with E-state index >= 15 is 0 Å². The lowest BCUT2D eigenvalue weighted by atomic mass is 10.3. The number of rotatable bonds is 6. The molecule has 0 heterocycles. The van der Waals surface area contributed by atoms with Crippen LogP contribution in [0.3, 0.4) is 0 Å². The van der Waals surface area contributed by atoms with E-state index < -0.39 is 9.84 Å². The van der Waals surface area contributed by atoms with Crippen molar-refractivity contribution in [2.75, 3.05) is 24.7 Å². The van der Waals surface area contributed by atoms with Crippen molar-refractivity contribution >= 4 is 33.0 Å². The molecular formula is C12H17ClN2O3S. The van der Waals surface area contributed by atoms with Crippen LogP contribution in [0.2, 0.25) is 5.02 Å². The second kappa shape index (κ2) is 6.88. The Morgan fingerprint density at radius 1 is 1.37 bits per heavy atom. The van der Waals surface area contributed by atoms with Crippen LogP contribution in [0.1, 0.15) is 13.3 Å². The zero-order valence-electron chi connectivity index (χ0n) is 10.9. The molecule has 0 spiro atoms. The van der Waals surface area contributed by atoms with Crippen LogP contribution in [-0.4, -0.2) is 33.7 Å². The number of carbonyl (C=O) groups is 1. The lowest BCUT2D eigenvalue weighted by Gasteiger charge is -2.09. The lowest BCUT2D eigenvalue weighted by molar-refractivity contribution is -0.116. The van der Waals surface area contributed by atoms with E-state index in [1.54, 1.807) is 0 Å². The highest BCUT2D eigenvalue weighted by Gasteiger charge is 2.12. The van der Waals surface area contributed by atoms with Crippen LogP contribution in [0, 0.1) is 0 Å². The van der Waals surface area contributed by atoms with Crippen molar-refractivity contribution in [1.29, 1.82) is 0 Å². The smallest absolute Gasteiger partial charge is 0.225 e. The van der Waals surface area contributed by atoms with Crippen LogP contribution < -0.4 is 10.6 Å². The average Bonchev–Trinajstić information content (AvgIpc) is 2.31. The molecule has 5 nitrogen and oxygen atoms in total. The molecule has 0 radical (unpaired) electrons. The van der Waals surface area contributed by atoms with Gasteiger partial charge in [-0.05, 0) is 24.7 Å². The minimum atomic E-state index is -3.32. The summed E-state index contributed by atoms with van der Waals surface area (Å²) in [7, 11) is -3.32. The molecular weight excluding hydrogens is 288 g/mol. The number of halogens is 1. The molecule has 0 atom stereocenters. The second-order valence-electron chi connectivity index (χ2n) is 4.07. The maximum absolute atomic E-state index is 11.6. The molecule has 1 rings (SSSR count). The number of nitrogens with one attached hydrogen (secondary N) is 2. The Balaban J connectivity index is 2.80. The van der Waals surface area contributed by atoms with E-state index in [-0.39, 0.29) is 10.8 Å². The van der Waals surface area contributed by atoms with E-state index in [1.807, 2.05) is 6.92 Å². The Labute approximate surface area is 118 Å². The van der Waals surface area contributed by atoms with Gasteiger partial charge in [-0.1, -0.05) is 18.5 Å². The summed E-state index contributed by atoms with van der Waals surface area (Å²) in [5.74, 6) is -0.214. The Bertz CT molecular complexity index is 558. The number of hydrogen-bond acceptors (Lipinski definition) is 4. The highest BCUT2D eigenvalue weighted by molar-refractivity contribution is 7.90. The summed E-state index contributed by atoms with van der Waals surface area (Å²) in [6.07, 6.45) is 1.40. The first kappa shape index (κ1) is 15.9. The lowest BCUT2D eigenvalue weighted by Crippen LogP contribution is -2.21. The van der Waals surface area contributed by atoms with Crippen LogP contribution in [-0.2, 0) is 14.6 Å². The first-order chi connectivity index (χ1) is 8.84. The van der Waals surface area contributed by atoms with Gasteiger partial charge in [-0.3, -0.25) is 4.79 Å².